The standard InChI is InChI=1S/C15H16N2O2/c1-15(19,13-5-3-2-4-6-13)11-17-14(18)12-7-9-16-10-8-12/h2-10,19H,11H2,1H3,(H,17,18). The predicted molar refractivity (Wildman–Crippen MR) is 72.6 cm³/mol. The largest absolute Gasteiger partial charge is 0.384 e. The Bertz CT molecular complexity index is 539. The quantitative estimate of drug-likeness (QED) is 0.875. The summed E-state index contributed by atoms with van der Waals surface area (Å²) < 4.78 is 0. The number of aliphatic hydroxyl groups is 1. The van der Waals surface area contributed by atoms with Crippen LogP contribution in [0.15, 0.2) is 54.9 Å². The molecule has 1 atom stereocenters. The molecule has 98 valence electrons. The molecule has 0 aliphatic carbocycles. The molecule has 0 aliphatic rings. The molecule has 0 spiro atoms. The number of benzene rings is 1. The van der Waals surface area contributed by atoms with Gasteiger partial charge < -0.3 is 10.4 Å². The lowest BCUT2D eigenvalue weighted by Gasteiger charge is -2.24. The molecule has 0 fully saturated rings. The van der Waals surface area contributed by atoms with Crippen molar-refractivity contribution in [1.29, 1.82) is 0 Å². The highest BCUT2D eigenvalue weighted by Gasteiger charge is 2.23. The van der Waals surface area contributed by atoms with Crippen molar-refractivity contribution in [1.82, 2.24) is 10.3 Å². The molecule has 0 radical (unpaired) electrons. The molecule has 2 N–H and O–H groups in total. The monoisotopic (exact) mass is 256 g/mol. The number of nitrogens with one attached hydrogen (secondary N) is 1. The number of carbonyl (C=O) groups excluding carboxylic acids is 1. The molecular formula is C15H16N2O2. The van der Waals surface area contributed by atoms with Gasteiger partial charge >= 0.3 is 0 Å². The highest BCUT2D eigenvalue weighted by atomic mass is 16.3. The van der Waals surface area contributed by atoms with Crippen molar-refractivity contribution in [3.05, 3.63) is 66.0 Å². The van der Waals surface area contributed by atoms with Crippen LogP contribution >= 0.6 is 0 Å². The Balaban J connectivity index is 2.01. The zero-order valence-corrected chi connectivity index (χ0v) is 10.7. The average Bonchev–Trinajstić information content (AvgIpc) is 2.47. The number of aromatic nitrogens is 1. The Kier molecular flexibility index (Phi) is 3.92. The van der Waals surface area contributed by atoms with Gasteiger partial charge in [0, 0.05) is 18.0 Å². The van der Waals surface area contributed by atoms with Crippen LogP contribution in [0.4, 0.5) is 0 Å². The van der Waals surface area contributed by atoms with E-state index >= 15 is 0 Å². The summed E-state index contributed by atoms with van der Waals surface area (Å²) >= 11 is 0. The summed E-state index contributed by atoms with van der Waals surface area (Å²) in [4.78, 5) is 15.7. The first-order valence-corrected chi connectivity index (χ1v) is 6.06. The Morgan fingerprint density at radius 2 is 1.84 bits per heavy atom. The molecule has 0 bridgehead atoms. The third kappa shape index (κ3) is 3.39. The normalized spacial score (nSPS) is 13.6. The van der Waals surface area contributed by atoms with Crippen LogP contribution in [-0.2, 0) is 5.60 Å². The van der Waals surface area contributed by atoms with E-state index in [1.54, 1.807) is 31.5 Å². The highest BCUT2D eigenvalue weighted by molar-refractivity contribution is 5.94. The van der Waals surface area contributed by atoms with Crippen molar-refractivity contribution in [3.63, 3.8) is 0 Å². The highest BCUT2D eigenvalue weighted by Crippen LogP contribution is 2.19. The second kappa shape index (κ2) is 5.63. The number of rotatable bonds is 4. The molecule has 4 heteroatoms. The van der Waals surface area contributed by atoms with Gasteiger partial charge in [-0.3, -0.25) is 9.78 Å². The molecule has 4 nitrogen and oxygen atoms in total. The summed E-state index contributed by atoms with van der Waals surface area (Å²) in [6, 6.07) is 12.5. The summed E-state index contributed by atoms with van der Waals surface area (Å²) in [5.74, 6) is -0.224. The van der Waals surface area contributed by atoms with E-state index in [2.05, 4.69) is 10.3 Å². The molecule has 0 saturated carbocycles. The zero-order chi connectivity index (χ0) is 13.7. The van der Waals surface area contributed by atoms with Gasteiger partial charge in [-0.2, -0.15) is 0 Å². The van der Waals surface area contributed by atoms with Crippen molar-refractivity contribution in [3.8, 4) is 0 Å². The summed E-state index contributed by atoms with van der Waals surface area (Å²) in [5.41, 5.74) is 0.202. The fraction of sp³-hybridized carbons (Fsp3) is 0.200. The molecule has 1 aromatic carbocycles. The molecule has 1 aromatic heterocycles. The fourth-order valence-corrected chi connectivity index (χ4v) is 1.76. The van der Waals surface area contributed by atoms with Crippen LogP contribution in [0, 0.1) is 0 Å². The first-order chi connectivity index (χ1) is 9.09. The minimum absolute atomic E-state index is 0.151. The van der Waals surface area contributed by atoms with E-state index in [0.29, 0.717) is 5.56 Å². The van der Waals surface area contributed by atoms with Crippen molar-refractivity contribution in [2.75, 3.05) is 6.54 Å². The molecule has 19 heavy (non-hydrogen) atoms. The molecule has 2 aromatic rings. The van der Waals surface area contributed by atoms with Gasteiger partial charge in [-0.1, -0.05) is 30.3 Å². The van der Waals surface area contributed by atoms with E-state index in [1.165, 1.54) is 0 Å². The molecule has 0 aliphatic heterocycles. The third-order valence-electron chi connectivity index (χ3n) is 2.93. The van der Waals surface area contributed by atoms with Gasteiger partial charge in [0.25, 0.3) is 5.91 Å². The van der Waals surface area contributed by atoms with E-state index in [0.717, 1.165) is 5.56 Å². The van der Waals surface area contributed by atoms with Crippen LogP contribution in [0.1, 0.15) is 22.8 Å². The van der Waals surface area contributed by atoms with E-state index < -0.39 is 5.60 Å². The van der Waals surface area contributed by atoms with Gasteiger partial charge in [0.1, 0.15) is 5.60 Å². The summed E-state index contributed by atoms with van der Waals surface area (Å²) in [6.45, 7) is 1.83. The Labute approximate surface area is 112 Å². The number of nitrogens with zero attached hydrogens (tertiary/aromatic N) is 1. The summed E-state index contributed by atoms with van der Waals surface area (Å²) in [7, 11) is 0. The first-order valence-electron chi connectivity index (χ1n) is 6.06. The van der Waals surface area contributed by atoms with E-state index in [4.69, 9.17) is 0 Å². The van der Waals surface area contributed by atoms with E-state index in [1.807, 2.05) is 30.3 Å². The predicted octanol–water partition coefficient (Wildman–Crippen LogP) is 1.72. The maximum atomic E-state index is 11.9. The number of amides is 1. The van der Waals surface area contributed by atoms with Gasteiger partial charge in [-0.15, -0.1) is 0 Å². The van der Waals surface area contributed by atoms with Gasteiger partial charge in [0.05, 0.1) is 6.54 Å². The van der Waals surface area contributed by atoms with Crippen LogP contribution in [0.25, 0.3) is 0 Å². The maximum absolute atomic E-state index is 11.9. The Morgan fingerprint density at radius 3 is 2.47 bits per heavy atom. The number of carbonyl (C=O) groups is 1. The van der Waals surface area contributed by atoms with Gasteiger partial charge in [-0.05, 0) is 24.6 Å². The molecule has 2 rings (SSSR count). The number of hydrogen-bond donors (Lipinski definition) is 2. The van der Waals surface area contributed by atoms with Crippen molar-refractivity contribution in [2.45, 2.75) is 12.5 Å². The smallest absolute Gasteiger partial charge is 0.251 e. The first kappa shape index (κ1) is 13.2. The fourth-order valence-electron chi connectivity index (χ4n) is 1.76. The minimum atomic E-state index is -1.09. The van der Waals surface area contributed by atoms with Crippen LogP contribution in [0.2, 0.25) is 0 Å². The van der Waals surface area contributed by atoms with E-state index in [9.17, 15) is 9.90 Å². The zero-order valence-electron chi connectivity index (χ0n) is 10.7. The van der Waals surface area contributed by atoms with Crippen LogP contribution < -0.4 is 5.32 Å². The third-order valence-corrected chi connectivity index (χ3v) is 2.93. The van der Waals surface area contributed by atoms with Crippen LogP contribution in [0.5, 0.6) is 0 Å². The number of hydrogen-bond acceptors (Lipinski definition) is 3. The van der Waals surface area contributed by atoms with Gasteiger partial charge in [-0.25, -0.2) is 0 Å². The van der Waals surface area contributed by atoms with Crippen molar-refractivity contribution < 1.29 is 9.90 Å². The lowest BCUT2D eigenvalue weighted by Crippen LogP contribution is -2.38. The topological polar surface area (TPSA) is 62.2 Å². The van der Waals surface area contributed by atoms with Crippen molar-refractivity contribution >= 4 is 5.91 Å². The SMILES string of the molecule is CC(O)(CNC(=O)c1ccncc1)c1ccccc1. The van der Waals surface area contributed by atoms with Gasteiger partial charge in [0.15, 0.2) is 0 Å². The minimum Gasteiger partial charge on any atom is -0.384 e. The van der Waals surface area contributed by atoms with Gasteiger partial charge in [0.2, 0.25) is 0 Å². The molecular weight excluding hydrogens is 240 g/mol. The summed E-state index contributed by atoms with van der Waals surface area (Å²) in [5, 5.41) is 13.1. The Hall–Kier alpha value is -2.20. The lowest BCUT2D eigenvalue weighted by molar-refractivity contribution is 0.0526. The second-order valence-electron chi connectivity index (χ2n) is 4.56. The Morgan fingerprint density at radius 1 is 1.21 bits per heavy atom. The average molecular weight is 256 g/mol. The maximum Gasteiger partial charge on any atom is 0.251 e. The second-order valence-corrected chi connectivity index (χ2v) is 4.56. The molecule has 0 saturated heterocycles. The molecule has 1 unspecified atom stereocenters. The lowest BCUT2D eigenvalue weighted by atomic mass is 9.96. The van der Waals surface area contributed by atoms with Crippen LogP contribution in [0.3, 0.4) is 0 Å². The number of pyridine rings is 1. The molecule has 1 heterocycles. The van der Waals surface area contributed by atoms with Crippen molar-refractivity contribution in [2.24, 2.45) is 0 Å². The molecule has 1 amide bonds. The summed E-state index contributed by atoms with van der Waals surface area (Å²) in [6.07, 6.45) is 3.12. The van der Waals surface area contributed by atoms with Crippen LogP contribution in [-0.4, -0.2) is 22.5 Å². The van der Waals surface area contributed by atoms with E-state index in [-0.39, 0.29) is 12.5 Å².